The lowest BCUT2D eigenvalue weighted by Crippen LogP contribution is -2.47. The first-order chi connectivity index (χ1) is 10.0. The minimum absolute atomic E-state index is 0.0247. The van der Waals surface area contributed by atoms with Crippen molar-refractivity contribution in [1.82, 2.24) is 0 Å². The molecule has 0 amide bonds. The van der Waals surface area contributed by atoms with E-state index in [4.69, 9.17) is 13.9 Å². The highest BCUT2D eigenvalue weighted by atomic mass is 32.2. The SMILES string of the molecule is COCO[C@@H](C1SCCS1)C(C)(C)CO[Si](C)(C)C(C)(C)C. The molecule has 1 aliphatic rings. The van der Waals surface area contributed by atoms with Crippen molar-refractivity contribution in [3.05, 3.63) is 0 Å². The van der Waals surface area contributed by atoms with E-state index < -0.39 is 8.32 Å². The molecule has 1 aliphatic heterocycles. The average Bonchev–Trinajstić information content (AvgIpc) is 2.89. The summed E-state index contributed by atoms with van der Waals surface area (Å²) in [4.78, 5) is 0. The Morgan fingerprint density at radius 1 is 1.09 bits per heavy atom. The Kier molecular flexibility index (Phi) is 7.82. The summed E-state index contributed by atoms with van der Waals surface area (Å²) < 4.78 is 18.2. The molecule has 3 nitrogen and oxygen atoms in total. The molecule has 1 heterocycles. The number of methoxy groups -OCH3 is 1. The molecule has 0 aromatic heterocycles. The van der Waals surface area contributed by atoms with Crippen LogP contribution in [0.1, 0.15) is 34.6 Å². The second-order valence-electron chi connectivity index (χ2n) is 8.14. The molecule has 132 valence electrons. The molecule has 0 saturated carbocycles. The topological polar surface area (TPSA) is 27.7 Å². The van der Waals surface area contributed by atoms with Crippen LogP contribution >= 0.6 is 23.5 Å². The van der Waals surface area contributed by atoms with Crippen LogP contribution < -0.4 is 0 Å². The number of hydrogen-bond acceptors (Lipinski definition) is 5. The Hall–Kier alpha value is 0.797. The van der Waals surface area contributed by atoms with Crippen molar-refractivity contribution >= 4 is 31.8 Å². The predicted octanol–water partition coefficient (Wildman–Crippen LogP) is 4.83. The maximum absolute atomic E-state index is 6.48. The highest BCUT2D eigenvalue weighted by molar-refractivity contribution is 8.20. The number of thioether (sulfide) groups is 2. The van der Waals surface area contributed by atoms with E-state index in [9.17, 15) is 0 Å². The van der Waals surface area contributed by atoms with E-state index in [-0.39, 0.29) is 16.6 Å². The summed E-state index contributed by atoms with van der Waals surface area (Å²) in [5, 5.41) is 0.239. The smallest absolute Gasteiger partial charge is 0.192 e. The van der Waals surface area contributed by atoms with E-state index in [2.05, 4.69) is 47.7 Å². The van der Waals surface area contributed by atoms with Crippen molar-refractivity contribution in [3.8, 4) is 0 Å². The van der Waals surface area contributed by atoms with Crippen LogP contribution in [0, 0.1) is 5.41 Å². The van der Waals surface area contributed by atoms with E-state index in [1.807, 2.05) is 23.5 Å². The monoisotopic (exact) mass is 366 g/mol. The van der Waals surface area contributed by atoms with E-state index in [1.165, 1.54) is 11.5 Å². The standard InChI is InChI=1S/C16H34O3S2Si/c1-15(2,3)22(7,8)19-11-16(4,5)13(18-12-17-6)14-20-9-10-21-14/h13-14H,9-12H2,1-8H3/t13-/m0/s1. The van der Waals surface area contributed by atoms with Crippen LogP contribution in [-0.4, -0.2) is 51.0 Å². The van der Waals surface area contributed by atoms with E-state index >= 15 is 0 Å². The summed E-state index contributed by atoms with van der Waals surface area (Å²) in [7, 11) is -0.0461. The van der Waals surface area contributed by atoms with Gasteiger partial charge in [0.25, 0.3) is 0 Å². The number of rotatable bonds is 8. The average molecular weight is 367 g/mol. The van der Waals surface area contributed by atoms with Gasteiger partial charge in [0.15, 0.2) is 8.32 Å². The van der Waals surface area contributed by atoms with Crippen LogP contribution in [0.15, 0.2) is 0 Å². The van der Waals surface area contributed by atoms with Gasteiger partial charge < -0.3 is 13.9 Å². The molecule has 1 atom stereocenters. The van der Waals surface area contributed by atoms with Crippen LogP contribution in [-0.2, 0) is 13.9 Å². The molecule has 22 heavy (non-hydrogen) atoms. The fourth-order valence-corrected chi connectivity index (χ4v) is 6.64. The zero-order chi connectivity index (χ0) is 17.0. The fraction of sp³-hybridized carbons (Fsp3) is 1.00. The third-order valence-electron chi connectivity index (χ3n) is 4.64. The van der Waals surface area contributed by atoms with Gasteiger partial charge >= 0.3 is 0 Å². The molecular formula is C16H34O3S2Si. The van der Waals surface area contributed by atoms with Gasteiger partial charge in [-0.05, 0) is 18.1 Å². The van der Waals surface area contributed by atoms with Gasteiger partial charge in [-0.2, -0.15) is 0 Å². The third-order valence-corrected chi connectivity index (χ3v) is 12.2. The summed E-state index contributed by atoms with van der Waals surface area (Å²) in [6.07, 6.45) is 0.148. The molecule has 1 rings (SSSR count). The van der Waals surface area contributed by atoms with E-state index in [0.717, 1.165) is 6.61 Å². The first-order valence-electron chi connectivity index (χ1n) is 7.99. The Morgan fingerprint density at radius 2 is 1.64 bits per heavy atom. The van der Waals surface area contributed by atoms with Crippen molar-refractivity contribution < 1.29 is 13.9 Å². The Morgan fingerprint density at radius 3 is 2.09 bits per heavy atom. The Balaban J connectivity index is 2.74. The molecule has 0 aromatic carbocycles. The molecule has 0 aliphatic carbocycles. The van der Waals surface area contributed by atoms with Gasteiger partial charge in [-0.3, -0.25) is 0 Å². The molecule has 0 bridgehead atoms. The molecule has 6 heteroatoms. The van der Waals surface area contributed by atoms with E-state index in [1.54, 1.807) is 7.11 Å². The van der Waals surface area contributed by atoms with Crippen LogP contribution in [0.3, 0.4) is 0 Å². The molecule has 0 aromatic rings. The highest BCUT2D eigenvalue weighted by Gasteiger charge is 2.43. The molecule has 0 unspecified atom stereocenters. The zero-order valence-electron chi connectivity index (χ0n) is 15.5. The van der Waals surface area contributed by atoms with Crippen molar-refractivity contribution in [1.29, 1.82) is 0 Å². The van der Waals surface area contributed by atoms with Crippen LogP contribution in [0.5, 0.6) is 0 Å². The first-order valence-corrected chi connectivity index (χ1v) is 13.0. The van der Waals surface area contributed by atoms with Gasteiger partial charge in [-0.15, -0.1) is 23.5 Å². The second kappa shape index (κ2) is 8.25. The van der Waals surface area contributed by atoms with Gasteiger partial charge in [0.2, 0.25) is 0 Å². The summed E-state index contributed by atoms with van der Waals surface area (Å²) in [5.74, 6) is 2.42. The third kappa shape index (κ3) is 5.71. The predicted molar refractivity (Wildman–Crippen MR) is 102 cm³/mol. The van der Waals surface area contributed by atoms with Crippen molar-refractivity contribution in [2.24, 2.45) is 5.41 Å². The van der Waals surface area contributed by atoms with Gasteiger partial charge in [0, 0.05) is 30.6 Å². The minimum Gasteiger partial charge on any atom is -0.416 e. The van der Waals surface area contributed by atoms with Crippen LogP contribution in [0.4, 0.5) is 0 Å². The number of ether oxygens (including phenoxy) is 2. The molecule has 1 saturated heterocycles. The lowest BCUT2D eigenvalue weighted by Gasteiger charge is -2.42. The highest BCUT2D eigenvalue weighted by Crippen LogP contribution is 2.43. The van der Waals surface area contributed by atoms with Gasteiger partial charge in [0.05, 0.1) is 10.7 Å². The van der Waals surface area contributed by atoms with Gasteiger partial charge in [-0.1, -0.05) is 34.6 Å². The normalized spacial score (nSPS) is 19.6. The fourth-order valence-electron chi connectivity index (χ4n) is 2.03. The summed E-state index contributed by atoms with van der Waals surface area (Å²) in [6.45, 7) is 17.1. The molecule has 0 N–H and O–H groups in total. The molecule has 0 spiro atoms. The van der Waals surface area contributed by atoms with Crippen LogP contribution in [0.25, 0.3) is 0 Å². The molecule has 0 radical (unpaired) electrons. The first kappa shape index (κ1) is 20.8. The number of hydrogen-bond donors (Lipinski definition) is 0. The molecule has 1 fully saturated rings. The van der Waals surface area contributed by atoms with E-state index in [0.29, 0.717) is 11.4 Å². The van der Waals surface area contributed by atoms with Crippen LogP contribution in [0.2, 0.25) is 18.1 Å². The lowest BCUT2D eigenvalue weighted by molar-refractivity contribution is -0.112. The summed E-state index contributed by atoms with van der Waals surface area (Å²) >= 11 is 4.01. The summed E-state index contributed by atoms with van der Waals surface area (Å²) in [5.41, 5.74) is -0.0247. The zero-order valence-corrected chi connectivity index (χ0v) is 18.2. The summed E-state index contributed by atoms with van der Waals surface area (Å²) in [6, 6.07) is 0. The maximum atomic E-state index is 6.48. The maximum Gasteiger partial charge on any atom is 0.192 e. The van der Waals surface area contributed by atoms with Crippen molar-refractivity contribution in [3.63, 3.8) is 0 Å². The minimum atomic E-state index is -1.73. The van der Waals surface area contributed by atoms with Crippen molar-refractivity contribution in [2.75, 3.05) is 32.0 Å². The lowest BCUT2D eigenvalue weighted by atomic mass is 9.88. The second-order valence-corrected chi connectivity index (χ2v) is 15.7. The van der Waals surface area contributed by atoms with Crippen molar-refractivity contribution in [2.45, 2.75) is 63.4 Å². The Labute approximate surface area is 146 Å². The van der Waals surface area contributed by atoms with Gasteiger partial charge in [0.1, 0.15) is 6.79 Å². The van der Waals surface area contributed by atoms with Gasteiger partial charge in [-0.25, -0.2) is 0 Å². The molecular weight excluding hydrogens is 332 g/mol. The Bertz CT molecular complexity index is 337. The quantitative estimate of drug-likeness (QED) is 0.453. The largest absolute Gasteiger partial charge is 0.416 e.